The van der Waals surface area contributed by atoms with Gasteiger partial charge in [0, 0.05) is 10.2 Å². The van der Waals surface area contributed by atoms with E-state index in [9.17, 15) is 9.18 Å². The van der Waals surface area contributed by atoms with Crippen molar-refractivity contribution >= 4 is 27.5 Å². The Morgan fingerprint density at radius 2 is 1.83 bits per heavy atom. The van der Waals surface area contributed by atoms with Crippen LogP contribution in [-0.2, 0) is 0 Å². The maximum Gasteiger partial charge on any atom is 0.280 e. The molecule has 0 aliphatic rings. The highest BCUT2D eigenvalue weighted by molar-refractivity contribution is 9.10. The Hall–Kier alpha value is -2.67. The van der Waals surface area contributed by atoms with E-state index in [-0.39, 0.29) is 11.5 Å². The molecule has 1 N–H and O–H groups in total. The van der Waals surface area contributed by atoms with Crippen LogP contribution in [0.2, 0.25) is 0 Å². The number of rotatable bonds is 4. The molecule has 0 aliphatic heterocycles. The van der Waals surface area contributed by atoms with Gasteiger partial charge in [-0.3, -0.25) is 4.79 Å². The minimum absolute atomic E-state index is 0.143. The van der Waals surface area contributed by atoms with E-state index in [4.69, 9.17) is 4.74 Å². The normalized spacial score (nSPS) is 10.5. The van der Waals surface area contributed by atoms with Crippen molar-refractivity contribution in [2.24, 2.45) is 0 Å². The number of hydrogen-bond donors (Lipinski definition) is 1. The first kappa shape index (κ1) is 16.2. The molecule has 0 unspecified atom stereocenters. The Labute approximate surface area is 146 Å². The van der Waals surface area contributed by atoms with Crippen LogP contribution < -0.4 is 10.1 Å². The summed E-state index contributed by atoms with van der Waals surface area (Å²) in [6.07, 6.45) is 1.57. The standard InChI is InChI=1S/C17H13BrFN3O2/c1-24-15-10-22(14-8-4-12(19)5-9-14)21-16(15)17(23)20-13-6-2-11(18)3-7-13/h2-10H,1H3,(H,20,23). The van der Waals surface area contributed by atoms with Crippen LogP contribution in [0.25, 0.3) is 5.69 Å². The third-order valence-electron chi connectivity index (χ3n) is 3.31. The lowest BCUT2D eigenvalue weighted by Gasteiger charge is -2.04. The first-order valence-electron chi connectivity index (χ1n) is 7.03. The quantitative estimate of drug-likeness (QED) is 0.732. The summed E-state index contributed by atoms with van der Waals surface area (Å²) in [6, 6.07) is 13.0. The van der Waals surface area contributed by atoms with Gasteiger partial charge in [-0.2, -0.15) is 5.10 Å². The van der Waals surface area contributed by atoms with Crippen molar-refractivity contribution in [2.75, 3.05) is 12.4 Å². The van der Waals surface area contributed by atoms with E-state index in [0.717, 1.165) is 4.47 Å². The molecular weight excluding hydrogens is 377 g/mol. The fourth-order valence-electron chi connectivity index (χ4n) is 2.11. The van der Waals surface area contributed by atoms with Crippen molar-refractivity contribution in [2.45, 2.75) is 0 Å². The maximum atomic E-state index is 13.0. The zero-order valence-electron chi connectivity index (χ0n) is 12.7. The molecule has 0 fully saturated rings. The molecule has 0 saturated carbocycles. The Morgan fingerprint density at radius 1 is 1.17 bits per heavy atom. The van der Waals surface area contributed by atoms with Gasteiger partial charge in [0.15, 0.2) is 11.4 Å². The number of nitrogens with zero attached hydrogens (tertiary/aromatic N) is 2. The number of methoxy groups -OCH3 is 1. The lowest BCUT2D eigenvalue weighted by molar-refractivity contribution is 0.101. The van der Waals surface area contributed by atoms with Gasteiger partial charge in [0.1, 0.15) is 5.82 Å². The van der Waals surface area contributed by atoms with Crippen LogP contribution >= 0.6 is 15.9 Å². The number of aromatic nitrogens is 2. The zero-order chi connectivity index (χ0) is 17.1. The van der Waals surface area contributed by atoms with Crippen molar-refractivity contribution in [1.29, 1.82) is 0 Å². The molecule has 1 aromatic heterocycles. The van der Waals surface area contributed by atoms with Gasteiger partial charge in [-0.05, 0) is 48.5 Å². The van der Waals surface area contributed by atoms with Gasteiger partial charge < -0.3 is 10.1 Å². The topological polar surface area (TPSA) is 56.2 Å². The molecule has 0 atom stereocenters. The molecule has 0 saturated heterocycles. The van der Waals surface area contributed by atoms with E-state index in [1.807, 2.05) is 12.1 Å². The van der Waals surface area contributed by atoms with Crippen molar-refractivity contribution in [1.82, 2.24) is 9.78 Å². The molecule has 1 heterocycles. The molecule has 7 heteroatoms. The fourth-order valence-corrected chi connectivity index (χ4v) is 2.38. The zero-order valence-corrected chi connectivity index (χ0v) is 14.2. The van der Waals surface area contributed by atoms with E-state index < -0.39 is 5.91 Å². The highest BCUT2D eigenvalue weighted by atomic mass is 79.9. The average Bonchev–Trinajstić information content (AvgIpc) is 3.02. The Balaban J connectivity index is 1.88. The summed E-state index contributed by atoms with van der Waals surface area (Å²) in [5.74, 6) is -0.407. The largest absolute Gasteiger partial charge is 0.493 e. The molecule has 24 heavy (non-hydrogen) atoms. The number of carbonyl (C=O) groups excluding carboxylic acids is 1. The van der Waals surface area contributed by atoms with Crippen LogP contribution in [0.15, 0.2) is 59.2 Å². The molecule has 0 bridgehead atoms. The minimum Gasteiger partial charge on any atom is -0.493 e. The molecule has 5 nitrogen and oxygen atoms in total. The second-order valence-electron chi connectivity index (χ2n) is 4.93. The van der Waals surface area contributed by atoms with Gasteiger partial charge in [-0.25, -0.2) is 9.07 Å². The summed E-state index contributed by atoms with van der Waals surface area (Å²) in [7, 11) is 1.46. The number of halogens is 2. The van der Waals surface area contributed by atoms with Gasteiger partial charge in [-0.15, -0.1) is 0 Å². The first-order valence-corrected chi connectivity index (χ1v) is 7.82. The van der Waals surface area contributed by atoms with Gasteiger partial charge >= 0.3 is 0 Å². The molecule has 0 aliphatic carbocycles. The highest BCUT2D eigenvalue weighted by Gasteiger charge is 2.18. The highest BCUT2D eigenvalue weighted by Crippen LogP contribution is 2.21. The van der Waals surface area contributed by atoms with E-state index in [1.54, 1.807) is 30.5 Å². The van der Waals surface area contributed by atoms with Gasteiger partial charge in [0.2, 0.25) is 0 Å². The Kier molecular flexibility index (Phi) is 4.61. The Bertz CT molecular complexity index is 861. The third-order valence-corrected chi connectivity index (χ3v) is 3.84. The number of nitrogens with one attached hydrogen (secondary N) is 1. The molecule has 3 rings (SSSR count). The van der Waals surface area contributed by atoms with Crippen LogP contribution in [0, 0.1) is 5.82 Å². The number of ether oxygens (including phenoxy) is 1. The second kappa shape index (κ2) is 6.84. The molecular formula is C17H13BrFN3O2. The SMILES string of the molecule is COc1cn(-c2ccc(F)cc2)nc1C(=O)Nc1ccc(Br)cc1. The van der Waals surface area contributed by atoms with Gasteiger partial charge in [-0.1, -0.05) is 15.9 Å². The van der Waals surface area contributed by atoms with Crippen molar-refractivity contribution < 1.29 is 13.9 Å². The predicted octanol–water partition coefficient (Wildman–Crippen LogP) is 4.03. The number of benzene rings is 2. The fraction of sp³-hybridized carbons (Fsp3) is 0.0588. The molecule has 0 spiro atoms. The van der Waals surface area contributed by atoms with Gasteiger partial charge in [0.05, 0.1) is 19.0 Å². The predicted molar refractivity (Wildman–Crippen MR) is 92.2 cm³/mol. The van der Waals surface area contributed by atoms with E-state index in [2.05, 4.69) is 26.3 Å². The molecule has 1 amide bonds. The summed E-state index contributed by atoms with van der Waals surface area (Å²) >= 11 is 3.34. The van der Waals surface area contributed by atoms with E-state index in [1.165, 1.54) is 23.9 Å². The van der Waals surface area contributed by atoms with Crippen LogP contribution in [0.4, 0.5) is 10.1 Å². The van der Waals surface area contributed by atoms with Crippen molar-refractivity contribution in [3.05, 3.63) is 70.7 Å². The van der Waals surface area contributed by atoms with E-state index >= 15 is 0 Å². The van der Waals surface area contributed by atoms with Crippen LogP contribution in [-0.4, -0.2) is 22.8 Å². The van der Waals surface area contributed by atoms with Crippen LogP contribution in [0.5, 0.6) is 5.75 Å². The number of hydrogen-bond acceptors (Lipinski definition) is 3. The smallest absolute Gasteiger partial charge is 0.280 e. The van der Waals surface area contributed by atoms with Crippen molar-refractivity contribution in [3.8, 4) is 11.4 Å². The third kappa shape index (κ3) is 3.46. The first-order chi connectivity index (χ1) is 11.6. The maximum absolute atomic E-state index is 13.0. The molecule has 3 aromatic rings. The van der Waals surface area contributed by atoms with Crippen LogP contribution in [0.3, 0.4) is 0 Å². The monoisotopic (exact) mass is 389 g/mol. The van der Waals surface area contributed by atoms with Crippen molar-refractivity contribution in [3.63, 3.8) is 0 Å². The molecule has 2 aromatic carbocycles. The Morgan fingerprint density at radius 3 is 2.46 bits per heavy atom. The lowest BCUT2D eigenvalue weighted by atomic mass is 10.3. The summed E-state index contributed by atoms with van der Waals surface area (Å²) in [5, 5.41) is 7.00. The minimum atomic E-state index is -0.393. The van der Waals surface area contributed by atoms with E-state index in [0.29, 0.717) is 17.1 Å². The lowest BCUT2D eigenvalue weighted by Crippen LogP contribution is -2.14. The number of anilines is 1. The molecule has 0 radical (unpaired) electrons. The number of carbonyl (C=O) groups is 1. The molecule has 122 valence electrons. The van der Waals surface area contributed by atoms with Gasteiger partial charge in [0.25, 0.3) is 5.91 Å². The summed E-state index contributed by atoms with van der Waals surface area (Å²) < 4.78 is 20.6. The summed E-state index contributed by atoms with van der Waals surface area (Å²) in [4.78, 5) is 12.4. The average molecular weight is 390 g/mol. The number of amides is 1. The second-order valence-corrected chi connectivity index (χ2v) is 5.84. The summed E-state index contributed by atoms with van der Waals surface area (Å²) in [6.45, 7) is 0. The summed E-state index contributed by atoms with van der Waals surface area (Å²) in [5.41, 5.74) is 1.41. The van der Waals surface area contributed by atoms with Crippen LogP contribution in [0.1, 0.15) is 10.5 Å².